The van der Waals surface area contributed by atoms with Crippen LogP contribution in [0.3, 0.4) is 0 Å². The van der Waals surface area contributed by atoms with E-state index in [1.165, 1.54) is 18.2 Å². The molecule has 0 bridgehead atoms. The second-order valence-corrected chi connectivity index (χ2v) is 3.95. The molecule has 0 atom stereocenters. The Labute approximate surface area is 112 Å². The van der Waals surface area contributed by atoms with Crippen LogP contribution in [0, 0.1) is 11.6 Å². The van der Waals surface area contributed by atoms with E-state index in [1.54, 1.807) is 0 Å². The van der Waals surface area contributed by atoms with Crippen LogP contribution in [0.5, 0.6) is 11.5 Å². The highest BCUT2D eigenvalue weighted by atomic mass is 19.2. The third-order valence-electron chi connectivity index (χ3n) is 2.61. The molecule has 0 aromatic heterocycles. The number of hydrogen-bond donors (Lipinski definition) is 4. The first-order chi connectivity index (χ1) is 9.41. The van der Waals surface area contributed by atoms with E-state index in [1.807, 2.05) is 5.32 Å². The van der Waals surface area contributed by atoms with Gasteiger partial charge in [-0.2, -0.15) is 0 Å². The Balaban J connectivity index is 2.41. The Bertz CT molecular complexity index is 669. The third kappa shape index (κ3) is 2.33. The highest BCUT2D eigenvalue weighted by molar-refractivity contribution is 6.09. The first-order valence-corrected chi connectivity index (χ1v) is 5.47. The van der Waals surface area contributed by atoms with Gasteiger partial charge in [0.15, 0.2) is 11.6 Å². The van der Waals surface area contributed by atoms with Crippen LogP contribution in [-0.2, 0) is 0 Å². The molecule has 0 aliphatic rings. The van der Waals surface area contributed by atoms with Crippen LogP contribution in [0.2, 0.25) is 0 Å². The molecule has 20 heavy (non-hydrogen) atoms. The molecule has 104 valence electrons. The standard InChI is InChI=1S/C13H10F2N2O3/c14-6-4-5-7(16)12(11(6)15)17-13(20)10-8(18)2-1-3-9(10)19/h1-5,18-19H,16H2,(H,17,20). The number of carbonyl (C=O) groups excluding carboxylic acids is 1. The van der Waals surface area contributed by atoms with Gasteiger partial charge in [0.25, 0.3) is 5.91 Å². The maximum Gasteiger partial charge on any atom is 0.263 e. The summed E-state index contributed by atoms with van der Waals surface area (Å²) in [6, 6.07) is 5.55. The fourth-order valence-electron chi connectivity index (χ4n) is 1.63. The smallest absolute Gasteiger partial charge is 0.263 e. The number of hydrogen-bond acceptors (Lipinski definition) is 4. The zero-order valence-electron chi connectivity index (χ0n) is 10.0. The molecule has 2 aromatic rings. The van der Waals surface area contributed by atoms with E-state index < -0.39 is 40.3 Å². The Morgan fingerprint density at radius 3 is 2.30 bits per heavy atom. The molecule has 2 aromatic carbocycles. The van der Waals surface area contributed by atoms with E-state index >= 15 is 0 Å². The van der Waals surface area contributed by atoms with Gasteiger partial charge in [-0.1, -0.05) is 6.07 Å². The van der Waals surface area contributed by atoms with Crippen molar-refractivity contribution >= 4 is 17.3 Å². The summed E-state index contributed by atoms with van der Waals surface area (Å²) in [7, 11) is 0. The highest BCUT2D eigenvalue weighted by Crippen LogP contribution is 2.30. The first kappa shape index (κ1) is 13.6. The molecular formula is C13H10F2N2O3. The molecule has 2 rings (SSSR count). The van der Waals surface area contributed by atoms with Gasteiger partial charge in [-0.3, -0.25) is 4.79 Å². The van der Waals surface area contributed by atoms with Crippen molar-refractivity contribution in [1.29, 1.82) is 0 Å². The van der Waals surface area contributed by atoms with E-state index in [4.69, 9.17) is 5.73 Å². The Kier molecular flexibility index (Phi) is 3.43. The van der Waals surface area contributed by atoms with Crippen molar-refractivity contribution in [2.75, 3.05) is 11.1 Å². The zero-order chi connectivity index (χ0) is 14.9. The van der Waals surface area contributed by atoms with Gasteiger partial charge >= 0.3 is 0 Å². The van der Waals surface area contributed by atoms with Gasteiger partial charge in [-0.05, 0) is 24.3 Å². The van der Waals surface area contributed by atoms with Gasteiger partial charge < -0.3 is 21.3 Å². The molecule has 0 spiro atoms. The zero-order valence-corrected chi connectivity index (χ0v) is 10.0. The average molecular weight is 280 g/mol. The van der Waals surface area contributed by atoms with Crippen LogP contribution in [0.1, 0.15) is 10.4 Å². The predicted molar refractivity (Wildman–Crippen MR) is 68.5 cm³/mol. The lowest BCUT2D eigenvalue weighted by atomic mass is 10.1. The maximum atomic E-state index is 13.5. The number of anilines is 2. The molecule has 0 radical (unpaired) electrons. The molecule has 0 unspecified atom stereocenters. The number of phenolic OH excluding ortho intramolecular Hbond substituents is 2. The van der Waals surface area contributed by atoms with Gasteiger partial charge in [0.05, 0.1) is 5.69 Å². The van der Waals surface area contributed by atoms with Gasteiger partial charge in [0.1, 0.15) is 22.7 Å². The number of rotatable bonds is 2. The normalized spacial score (nSPS) is 10.3. The Hall–Kier alpha value is -2.83. The number of carbonyl (C=O) groups is 1. The van der Waals surface area contributed by atoms with E-state index in [-0.39, 0.29) is 5.69 Å². The third-order valence-corrected chi connectivity index (χ3v) is 2.61. The predicted octanol–water partition coefficient (Wildman–Crippen LogP) is 2.21. The number of benzene rings is 2. The van der Waals surface area contributed by atoms with Crippen LogP contribution >= 0.6 is 0 Å². The molecule has 0 aliphatic carbocycles. The van der Waals surface area contributed by atoms with Crippen molar-refractivity contribution in [3.05, 3.63) is 47.5 Å². The topological polar surface area (TPSA) is 95.6 Å². The highest BCUT2D eigenvalue weighted by Gasteiger charge is 2.20. The second-order valence-electron chi connectivity index (χ2n) is 3.95. The molecule has 0 saturated carbocycles. The average Bonchev–Trinajstić information content (AvgIpc) is 2.39. The van der Waals surface area contributed by atoms with Crippen molar-refractivity contribution in [3.63, 3.8) is 0 Å². The molecular weight excluding hydrogens is 270 g/mol. The van der Waals surface area contributed by atoms with Gasteiger partial charge in [-0.25, -0.2) is 8.78 Å². The van der Waals surface area contributed by atoms with Gasteiger partial charge in [0, 0.05) is 0 Å². The van der Waals surface area contributed by atoms with E-state index in [2.05, 4.69) is 0 Å². The molecule has 0 saturated heterocycles. The minimum absolute atomic E-state index is 0.188. The summed E-state index contributed by atoms with van der Waals surface area (Å²) in [4.78, 5) is 11.9. The van der Waals surface area contributed by atoms with Crippen LogP contribution in [0.15, 0.2) is 30.3 Å². The molecule has 0 heterocycles. The summed E-state index contributed by atoms with van der Waals surface area (Å²) in [5.74, 6) is -4.53. The molecule has 7 heteroatoms. The fourth-order valence-corrected chi connectivity index (χ4v) is 1.63. The second kappa shape index (κ2) is 5.04. The monoisotopic (exact) mass is 280 g/mol. The van der Waals surface area contributed by atoms with Gasteiger partial charge in [0.2, 0.25) is 0 Å². The van der Waals surface area contributed by atoms with E-state index in [0.717, 1.165) is 12.1 Å². The number of halogens is 2. The summed E-state index contributed by atoms with van der Waals surface area (Å²) in [6.07, 6.45) is 0. The number of nitrogens with one attached hydrogen (secondary N) is 1. The number of phenols is 2. The summed E-state index contributed by atoms with van der Waals surface area (Å²) < 4.78 is 26.6. The lowest BCUT2D eigenvalue weighted by Gasteiger charge is -2.11. The first-order valence-electron chi connectivity index (χ1n) is 5.47. The molecule has 5 nitrogen and oxygen atoms in total. The number of nitrogens with two attached hydrogens (primary N) is 1. The van der Waals surface area contributed by atoms with Crippen LogP contribution < -0.4 is 11.1 Å². The summed E-state index contributed by atoms with van der Waals surface area (Å²) in [5, 5.41) is 21.0. The maximum absolute atomic E-state index is 13.5. The van der Waals surface area contributed by atoms with Crippen molar-refractivity contribution < 1.29 is 23.8 Å². The quantitative estimate of drug-likeness (QED) is 0.634. The van der Waals surface area contributed by atoms with Crippen LogP contribution in [0.4, 0.5) is 20.2 Å². The van der Waals surface area contributed by atoms with Crippen LogP contribution in [0.25, 0.3) is 0 Å². The molecule has 0 aliphatic heterocycles. The molecule has 5 N–H and O–H groups in total. The minimum Gasteiger partial charge on any atom is -0.507 e. The molecule has 0 fully saturated rings. The van der Waals surface area contributed by atoms with E-state index in [0.29, 0.717) is 0 Å². The molecule has 1 amide bonds. The van der Waals surface area contributed by atoms with Crippen LogP contribution in [-0.4, -0.2) is 16.1 Å². The lowest BCUT2D eigenvalue weighted by Crippen LogP contribution is -2.15. The number of amides is 1. The number of nitrogen functional groups attached to an aromatic ring is 1. The number of aromatic hydroxyl groups is 2. The SMILES string of the molecule is Nc1ccc(F)c(F)c1NC(=O)c1c(O)cccc1O. The minimum atomic E-state index is -1.33. The lowest BCUT2D eigenvalue weighted by molar-refractivity contribution is 0.102. The van der Waals surface area contributed by atoms with Crippen molar-refractivity contribution in [1.82, 2.24) is 0 Å². The Morgan fingerprint density at radius 1 is 1.10 bits per heavy atom. The Morgan fingerprint density at radius 2 is 1.70 bits per heavy atom. The van der Waals surface area contributed by atoms with Crippen molar-refractivity contribution in [3.8, 4) is 11.5 Å². The van der Waals surface area contributed by atoms with Crippen molar-refractivity contribution in [2.24, 2.45) is 0 Å². The van der Waals surface area contributed by atoms with Gasteiger partial charge in [-0.15, -0.1) is 0 Å². The largest absolute Gasteiger partial charge is 0.507 e. The summed E-state index contributed by atoms with van der Waals surface area (Å²) >= 11 is 0. The van der Waals surface area contributed by atoms with Crippen molar-refractivity contribution in [2.45, 2.75) is 0 Å². The summed E-state index contributed by atoms with van der Waals surface area (Å²) in [5.41, 5.74) is 4.24. The van der Waals surface area contributed by atoms with E-state index in [9.17, 15) is 23.8 Å². The fraction of sp³-hybridized carbons (Fsp3) is 0. The summed E-state index contributed by atoms with van der Waals surface area (Å²) in [6.45, 7) is 0.